The number of hydrogen-bond acceptors (Lipinski definition) is 2. The van der Waals surface area contributed by atoms with E-state index in [0.717, 1.165) is 12.8 Å². The predicted octanol–water partition coefficient (Wildman–Crippen LogP) is 3.23. The SMILES string of the molecule is CC1=CC(C)CC(CC(CNC(=O)C(C)(C)C)C(=O)O)C1. The topological polar surface area (TPSA) is 66.4 Å². The Kier molecular flexibility index (Phi) is 5.99. The van der Waals surface area contributed by atoms with E-state index >= 15 is 0 Å². The number of aliphatic carboxylic acids is 1. The van der Waals surface area contributed by atoms with E-state index in [2.05, 4.69) is 25.2 Å². The van der Waals surface area contributed by atoms with Crippen LogP contribution >= 0.6 is 0 Å². The third kappa shape index (κ3) is 5.90. The molecule has 0 saturated heterocycles. The maximum atomic E-state index is 11.9. The van der Waals surface area contributed by atoms with Gasteiger partial charge in [-0.15, -0.1) is 0 Å². The average molecular weight is 295 g/mol. The largest absolute Gasteiger partial charge is 0.481 e. The minimum atomic E-state index is -0.816. The second-order valence-corrected chi connectivity index (χ2v) is 7.53. The van der Waals surface area contributed by atoms with E-state index in [1.54, 1.807) is 0 Å². The second kappa shape index (κ2) is 7.10. The Labute approximate surface area is 128 Å². The molecule has 0 bridgehead atoms. The van der Waals surface area contributed by atoms with Gasteiger partial charge in [0.25, 0.3) is 0 Å². The number of amides is 1. The molecule has 0 radical (unpaired) electrons. The van der Waals surface area contributed by atoms with Gasteiger partial charge in [0.1, 0.15) is 0 Å². The van der Waals surface area contributed by atoms with Gasteiger partial charge in [0, 0.05) is 12.0 Å². The molecule has 1 aliphatic carbocycles. The van der Waals surface area contributed by atoms with Gasteiger partial charge in [-0.2, -0.15) is 0 Å². The maximum absolute atomic E-state index is 11.9. The van der Waals surface area contributed by atoms with Gasteiger partial charge in [0.15, 0.2) is 0 Å². The number of carboxylic acid groups (broad SMARTS) is 1. The molecule has 21 heavy (non-hydrogen) atoms. The molecule has 0 saturated carbocycles. The van der Waals surface area contributed by atoms with Gasteiger partial charge in [0.2, 0.25) is 5.91 Å². The highest BCUT2D eigenvalue weighted by molar-refractivity contribution is 5.82. The number of allylic oxidation sites excluding steroid dienone is 2. The Morgan fingerprint density at radius 1 is 1.43 bits per heavy atom. The molecular weight excluding hydrogens is 266 g/mol. The molecule has 4 heteroatoms. The zero-order valence-corrected chi connectivity index (χ0v) is 13.9. The van der Waals surface area contributed by atoms with E-state index < -0.39 is 17.3 Å². The van der Waals surface area contributed by atoms with E-state index in [9.17, 15) is 14.7 Å². The fourth-order valence-corrected chi connectivity index (χ4v) is 3.02. The summed E-state index contributed by atoms with van der Waals surface area (Å²) in [5.41, 5.74) is 0.864. The van der Waals surface area contributed by atoms with Crippen molar-refractivity contribution in [1.29, 1.82) is 0 Å². The Balaban J connectivity index is 2.57. The lowest BCUT2D eigenvalue weighted by Crippen LogP contribution is -2.40. The van der Waals surface area contributed by atoms with Crippen LogP contribution in [0.1, 0.15) is 53.9 Å². The van der Waals surface area contributed by atoms with Crippen molar-refractivity contribution in [3.8, 4) is 0 Å². The minimum Gasteiger partial charge on any atom is -0.481 e. The van der Waals surface area contributed by atoms with Crippen molar-refractivity contribution in [2.75, 3.05) is 6.54 Å². The van der Waals surface area contributed by atoms with Crippen LogP contribution in [0.3, 0.4) is 0 Å². The Morgan fingerprint density at radius 2 is 2.05 bits per heavy atom. The first-order chi connectivity index (χ1) is 9.59. The summed E-state index contributed by atoms with van der Waals surface area (Å²) in [6, 6.07) is 0. The first-order valence-corrected chi connectivity index (χ1v) is 7.78. The minimum absolute atomic E-state index is 0.0955. The van der Waals surface area contributed by atoms with Crippen molar-refractivity contribution in [3.05, 3.63) is 11.6 Å². The van der Waals surface area contributed by atoms with Crippen molar-refractivity contribution >= 4 is 11.9 Å². The molecule has 0 aliphatic heterocycles. The van der Waals surface area contributed by atoms with Gasteiger partial charge in [-0.25, -0.2) is 0 Å². The highest BCUT2D eigenvalue weighted by Gasteiger charge is 2.28. The number of carbonyl (C=O) groups is 2. The first kappa shape index (κ1) is 17.7. The summed E-state index contributed by atoms with van der Waals surface area (Å²) in [6.45, 7) is 9.99. The third-order valence-corrected chi connectivity index (χ3v) is 4.04. The standard InChI is InChI=1S/C17H29NO3/c1-11-6-12(2)8-13(7-11)9-14(15(19)20)10-18-16(21)17(3,4)5/h6,11,13-14H,7-10H2,1-5H3,(H,18,21)(H,19,20). The van der Waals surface area contributed by atoms with E-state index in [1.807, 2.05) is 20.8 Å². The maximum Gasteiger partial charge on any atom is 0.308 e. The molecule has 3 atom stereocenters. The van der Waals surface area contributed by atoms with Crippen LogP contribution in [0, 0.1) is 23.2 Å². The Hall–Kier alpha value is -1.32. The zero-order chi connectivity index (χ0) is 16.2. The highest BCUT2D eigenvalue weighted by Crippen LogP contribution is 2.32. The molecular formula is C17H29NO3. The van der Waals surface area contributed by atoms with Crippen molar-refractivity contribution in [3.63, 3.8) is 0 Å². The summed E-state index contributed by atoms with van der Waals surface area (Å²) in [5.74, 6) is -0.495. The quantitative estimate of drug-likeness (QED) is 0.765. The number of carboxylic acids is 1. The summed E-state index contributed by atoms with van der Waals surface area (Å²) in [4.78, 5) is 23.3. The van der Waals surface area contributed by atoms with Crippen LogP contribution in [-0.4, -0.2) is 23.5 Å². The smallest absolute Gasteiger partial charge is 0.308 e. The number of hydrogen-bond donors (Lipinski definition) is 2. The van der Waals surface area contributed by atoms with Crippen LogP contribution < -0.4 is 5.32 Å². The average Bonchev–Trinajstić information content (AvgIpc) is 2.31. The van der Waals surface area contributed by atoms with Gasteiger partial charge >= 0.3 is 5.97 Å². The molecule has 0 aromatic rings. The fraction of sp³-hybridized carbons (Fsp3) is 0.765. The first-order valence-electron chi connectivity index (χ1n) is 7.78. The van der Waals surface area contributed by atoms with Crippen LogP contribution in [0.5, 0.6) is 0 Å². The van der Waals surface area contributed by atoms with Crippen LogP contribution in [0.15, 0.2) is 11.6 Å². The zero-order valence-electron chi connectivity index (χ0n) is 13.9. The molecule has 0 spiro atoms. The molecule has 3 unspecified atom stereocenters. The van der Waals surface area contributed by atoms with Crippen molar-refractivity contribution in [2.24, 2.45) is 23.2 Å². The monoisotopic (exact) mass is 295 g/mol. The van der Waals surface area contributed by atoms with Crippen molar-refractivity contribution < 1.29 is 14.7 Å². The number of carbonyl (C=O) groups excluding carboxylic acids is 1. The van der Waals surface area contributed by atoms with E-state index in [-0.39, 0.29) is 12.5 Å². The van der Waals surface area contributed by atoms with Crippen LogP contribution in [0.25, 0.3) is 0 Å². The molecule has 120 valence electrons. The fourth-order valence-electron chi connectivity index (χ4n) is 3.02. The molecule has 0 fully saturated rings. The van der Waals surface area contributed by atoms with Gasteiger partial charge < -0.3 is 10.4 Å². The van der Waals surface area contributed by atoms with Gasteiger partial charge in [-0.3, -0.25) is 9.59 Å². The Morgan fingerprint density at radius 3 is 2.52 bits per heavy atom. The highest BCUT2D eigenvalue weighted by atomic mass is 16.4. The summed E-state index contributed by atoms with van der Waals surface area (Å²) < 4.78 is 0. The van der Waals surface area contributed by atoms with Crippen molar-refractivity contribution in [2.45, 2.75) is 53.9 Å². The summed E-state index contributed by atoms with van der Waals surface area (Å²) >= 11 is 0. The van der Waals surface area contributed by atoms with Crippen molar-refractivity contribution in [1.82, 2.24) is 5.32 Å². The molecule has 0 aromatic heterocycles. The third-order valence-electron chi connectivity index (χ3n) is 4.04. The Bertz CT molecular complexity index is 420. The van der Waals surface area contributed by atoms with Gasteiger partial charge in [-0.05, 0) is 38.0 Å². The molecule has 0 aromatic carbocycles. The van der Waals surface area contributed by atoms with Crippen LogP contribution in [0.4, 0.5) is 0 Å². The number of rotatable bonds is 5. The molecule has 2 N–H and O–H groups in total. The molecule has 1 aliphatic rings. The molecule has 0 heterocycles. The molecule has 1 rings (SSSR count). The summed E-state index contributed by atoms with van der Waals surface area (Å²) in [7, 11) is 0. The summed E-state index contributed by atoms with van der Waals surface area (Å²) in [6.07, 6.45) is 4.92. The van der Waals surface area contributed by atoms with E-state index in [0.29, 0.717) is 18.3 Å². The summed E-state index contributed by atoms with van der Waals surface area (Å²) in [5, 5.41) is 12.2. The number of nitrogens with one attached hydrogen (secondary N) is 1. The van der Waals surface area contributed by atoms with Crippen LogP contribution in [-0.2, 0) is 9.59 Å². The van der Waals surface area contributed by atoms with E-state index in [4.69, 9.17) is 0 Å². The molecule has 1 amide bonds. The lowest BCUT2D eigenvalue weighted by Gasteiger charge is -2.28. The van der Waals surface area contributed by atoms with Gasteiger partial charge in [0.05, 0.1) is 5.92 Å². The van der Waals surface area contributed by atoms with Crippen LogP contribution in [0.2, 0.25) is 0 Å². The normalized spacial score (nSPS) is 24.1. The lowest BCUT2D eigenvalue weighted by atomic mass is 9.79. The second-order valence-electron chi connectivity index (χ2n) is 7.53. The van der Waals surface area contributed by atoms with Gasteiger partial charge in [-0.1, -0.05) is 39.3 Å². The van der Waals surface area contributed by atoms with E-state index in [1.165, 1.54) is 5.57 Å². The predicted molar refractivity (Wildman–Crippen MR) is 83.9 cm³/mol. The molecule has 4 nitrogen and oxygen atoms in total. The lowest BCUT2D eigenvalue weighted by molar-refractivity contribution is -0.142.